The van der Waals surface area contributed by atoms with Crippen LogP contribution in [0.25, 0.3) is 0 Å². The van der Waals surface area contributed by atoms with Crippen molar-refractivity contribution < 1.29 is 36.9 Å². The molecular weight excluding hydrogens is 512 g/mol. The van der Waals surface area contributed by atoms with E-state index in [2.05, 4.69) is 5.32 Å². The number of anilines is 1. The molecule has 204 valence electrons. The molecule has 3 aromatic rings. The Kier molecular flexibility index (Phi) is 10.2. The van der Waals surface area contributed by atoms with Gasteiger partial charge in [-0.1, -0.05) is 30.3 Å². The minimum Gasteiger partial charge on any atom is -0.497 e. The molecule has 0 heterocycles. The zero-order chi connectivity index (χ0) is 27.5. The van der Waals surface area contributed by atoms with Gasteiger partial charge in [0.15, 0.2) is 11.5 Å². The van der Waals surface area contributed by atoms with Crippen molar-refractivity contribution in [1.29, 1.82) is 0 Å². The highest BCUT2D eigenvalue weighted by atomic mass is 32.2. The number of hydrogen-bond acceptors (Lipinski definition) is 8. The SMILES string of the molecule is COc1ccc(OC)c(N(CC(=O)NCCOCc2ccccc2)S(=O)(=O)c2ccc(OC)c(OC)c2)c1. The van der Waals surface area contributed by atoms with Crippen molar-refractivity contribution in [3.8, 4) is 23.0 Å². The van der Waals surface area contributed by atoms with E-state index >= 15 is 0 Å². The van der Waals surface area contributed by atoms with Crippen LogP contribution in [0.15, 0.2) is 71.6 Å². The maximum absolute atomic E-state index is 13.9. The first-order chi connectivity index (χ1) is 18.3. The number of carbonyl (C=O) groups excluding carboxylic acids is 1. The van der Waals surface area contributed by atoms with Crippen LogP contribution < -0.4 is 28.6 Å². The molecule has 0 unspecified atom stereocenters. The van der Waals surface area contributed by atoms with Crippen LogP contribution in [0.3, 0.4) is 0 Å². The molecule has 0 aromatic heterocycles. The van der Waals surface area contributed by atoms with Crippen LogP contribution in [-0.2, 0) is 26.2 Å². The third-order valence-electron chi connectivity index (χ3n) is 5.57. The molecule has 3 rings (SSSR count). The summed E-state index contributed by atoms with van der Waals surface area (Å²) in [5, 5.41) is 2.71. The van der Waals surface area contributed by atoms with Gasteiger partial charge in [-0.3, -0.25) is 9.10 Å². The molecular formula is C27H32N2O8S. The highest BCUT2D eigenvalue weighted by Gasteiger charge is 2.31. The fourth-order valence-electron chi connectivity index (χ4n) is 3.61. The van der Waals surface area contributed by atoms with Gasteiger partial charge in [-0.25, -0.2) is 8.42 Å². The molecule has 0 radical (unpaired) electrons. The minimum atomic E-state index is -4.27. The molecule has 0 saturated carbocycles. The quantitative estimate of drug-likeness (QED) is 0.308. The lowest BCUT2D eigenvalue weighted by Crippen LogP contribution is -2.42. The third kappa shape index (κ3) is 7.08. The number of nitrogens with one attached hydrogen (secondary N) is 1. The Morgan fingerprint density at radius 1 is 0.816 bits per heavy atom. The Morgan fingerprint density at radius 3 is 2.16 bits per heavy atom. The van der Waals surface area contributed by atoms with Crippen molar-refractivity contribution >= 4 is 21.6 Å². The van der Waals surface area contributed by atoms with Crippen molar-refractivity contribution in [1.82, 2.24) is 5.32 Å². The van der Waals surface area contributed by atoms with Crippen LogP contribution >= 0.6 is 0 Å². The molecule has 0 spiro atoms. The molecule has 0 fully saturated rings. The molecule has 1 N–H and O–H groups in total. The summed E-state index contributed by atoms with van der Waals surface area (Å²) in [4.78, 5) is 12.8. The zero-order valence-electron chi connectivity index (χ0n) is 21.8. The molecule has 0 aliphatic carbocycles. The Labute approximate surface area is 223 Å². The van der Waals surface area contributed by atoms with Gasteiger partial charge in [0.05, 0.1) is 52.2 Å². The Balaban J connectivity index is 1.84. The van der Waals surface area contributed by atoms with Crippen molar-refractivity contribution in [3.05, 3.63) is 72.3 Å². The largest absolute Gasteiger partial charge is 0.497 e. The predicted molar refractivity (Wildman–Crippen MR) is 143 cm³/mol. The van der Waals surface area contributed by atoms with Gasteiger partial charge in [0.25, 0.3) is 10.0 Å². The number of methoxy groups -OCH3 is 4. The van der Waals surface area contributed by atoms with Crippen molar-refractivity contribution in [2.75, 3.05) is 52.4 Å². The molecule has 11 heteroatoms. The average Bonchev–Trinajstić information content (AvgIpc) is 2.95. The first kappa shape index (κ1) is 28.6. The Hall–Kier alpha value is -3.96. The first-order valence-corrected chi connectivity index (χ1v) is 13.1. The van der Waals surface area contributed by atoms with Crippen molar-refractivity contribution in [3.63, 3.8) is 0 Å². The number of amides is 1. The molecule has 0 saturated heterocycles. The van der Waals surface area contributed by atoms with E-state index in [-0.39, 0.29) is 35.2 Å². The molecule has 0 aliphatic heterocycles. The normalized spacial score (nSPS) is 10.9. The number of benzene rings is 3. The van der Waals surface area contributed by atoms with Gasteiger partial charge in [-0.2, -0.15) is 0 Å². The maximum Gasteiger partial charge on any atom is 0.265 e. The van der Waals surface area contributed by atoms with Gasteiger partial charge in [0.1, 0.15) is 18.0 Å². The van der Waals surface area contributed by atoms with Gasteiger partial charge in [-0.15, -0.1) is 0 Å². The van der Waals surface area contributed by atoms with Crippen LogP contribution in [0.4, 0.5) is 5.69 Å². The van der Waals surface area contributed by atoms with E-state index in [1.807, 2.05) is 30.3 Å². The van der Waals surface area contributed by atoms with E-state index in [1.165, 1.54) is 52.7 Å². The summed E-state index contributed by atoms with van der Waals surface area (Å²) < 4.78 is 55.5. The van der Waals surface area contributed by atoms with E-state index in [0.29, 0.717) is 18.1 Å². The highest BCUT2D eigenvalue weighted by Crippen LogP contribution is 2.37. The van der Waals surface area contributed by atoms with Gasteiger partial charge in [0, 0.05) is 18.7 Å². The van der Waals surface area contributed by atoms with Gasteiger partial charge in [-0.05, 0) is 29.8 Å². The lowest BCUT2D eigenvalue weighted by molar-refractivity contribution is -0.119. The molecule has 3 aromatic carbocycles. The number of ether oxygens (including phenoxy) is 5. The van der Waals surface area contributed by atoms with Gasteiger partial charge >= 0.3 is 0 Å². The summed E-state index contributed by atoms with van der Waals surface area (Å²) in [6.45, 7) is 0.340. The average molecular weight is 545 g/mol. The monoisotopic (exact) mass is 544 g/mol. The lowest BCUT2D eigenvalue weighted by atomic mass is 10.2. The van der Waals surface area contributed by atoms with E-state index < -0.39 is 22.5 Å². The third-order valence-corrected chi connectivity index (χ3v) is 7.32. The van der Waals surface area contributed by atoms with E-state index in [1.54, 1.807) is 12.1 Å². The Morgan fingerprint density at radius 2 is 1.50 bits per heavy atom. The topological polar surface area (TPSA) is 113 Å². The smallest absolute Gasteiger partial charge is 0.265 e. The summed E-state index contributed by atoms with van der Waals surface area (Å²) in [6, 6.07) is 18.5. The van der Waals surface area contributed by atoms with Gasteiger partial charge in [0.2, 0.25) is 5.91 Å². The fourth-order valence-corrected chi connectivity index (χ4v) is 5.05. The molecule has 0 atom stereocenters. The van der Waals surface area contributed by atoms with E-state index in [0.717, 1.165) is 9.87 Å². The fraction of sp³-hybridized carbons (Fsp3) is 0.296. The standard InChI is InChI=1S/C27H32N2O8S/c1-33-21-10-12-24(34-2)23(16-21)29(38(31,32)22-11-13-25(35-3)26(17-22)36-4)18-27(30)28-14-15-37-19-20-8-6-5-7-9-20/h5-13,16-17H,14-15,18-19H2,1-4H3,(H,28,30). The molecule has 0 aliphatic rings. The van der Waals surface area contributed by atoms with Crippen molar-refractivity contribution in [2.24, 2.45) is 0 Å². The van der Waals surface area contributed by atoms with Crippen molar-refractivity contribution in [2.45, 2.75) is 11.5 Å². The Bertz CT molecular complexity index is 1320. The van der Waals surface area contributed by atoms with Gasteiger partial charge < -0.3 is 29.0 Å². The second-order valence-corrected chi connectivity index (χ2v) is 9.82. The number of carbonyl (C=O) groups is 1. The number of rotatable bonds is 14. The van der Waals surface area contributed by atoms with E-state index in [9.17, 15) is 13.2 Å². The number of sulfonamides is 1. The van der Waals surface area contributed by atoms with Crippen LogP contribution in [0.1, 0.15) is 5.56 Å². The second kappa shape index (κ2) is 13.5. The first-order valence-electron chi connectivity index (χ1n) is 11.7. The maximum atomic E-state index is 13.9. The summed E-state index contributed by atoms with van der Waals surface area (Å²) in [7, 11) is 1.47. The van der Waals surface area contributed by atoms with E-state index in [4.69, 9.17) is 23.7 Å². The summed E-state index contributed by atoms with van der Waals surface area (Å²) in [5.41, 5.74) is 1.15. The second-order valence-electron chi connectivity index (χ2n) is 7.95. The predicted octanol–water partition coefficient (Wildman–Crippen LogP) is 3.25. The minimum absolute atomic E-state index is 0.0981. The molecule has 0 bridgehead atoms. The number of hydrogen-bond donors (Lipinski definition) is 1. The number of nitrogens with zero attached hydrogens (tertiary/aromatic N) is 1. The molecule has 10 nitrogen and oxygen atoms in total. The van der Waals surface area contributed by atoms with Crippen LogP contribution in [0, 0.1) is 0 Å². The van der Waals surface area contributed by atoms with Crippen LogP contribution in [0.5, 0.6) is 23.0 Å². The zero-order valence-corrected chi connectivity index (χ0v) is 22.6. The summed E-state index contributed by atoms with van der Waals surface area (Å²) >= 11 is 0. The highest BCUT2D eigenvalue weighted by molar-refractivity contribution is 7.92. The molecule has 1 amide bonds. The van der Waals surface area contributed by atoms with Crippen LogP contribution in [0.2, 0.25) is 0 Å². The van der Waals surface area contributed by atoms with Crippen LogP contribution in [-0.4, -0.2) is 62.5 Å². The summed E-state index contributed by atoms with van der Waals surface area (Å²) in [6.07, 6.45) is 0. The summed E-state index contributed by atoms with van der Waals surface area (Å²) in [5.74, 6) is 0.704. The lowest BCUT2D eigenvalue weighted by Gasteiger charge is -2.26. The molecule has 38 heavy (non-hydrogen) atoms.